The third-order valence-corrected chi connectivity index (χ3v) is 2.96. The average molecular weight is 335 g/mol. The third kappa shape index (κ3) is 3.69. The normalized spacial score (nSPS) is 13.7. The number of anilines is 1. The van der Waals surface area contributed by atoms with E-state index in [0.29, 0.717) is 11.4 Å². The van der Waals surface area contributed by atoms with Crippen LogP contribution in [0, 0.1) is 0 Å². The number of nitrogen functional groups attached to an aromatic ring is 1. The van der Waals surface area contributed by atoms with Crippen molar-refractivity contribution in [1.29, 1.82) is 0 Å². The summed E-state index contributed by atoms with van der Waals surface area (Å²) in [5, 5.41) is 0. The Morgan fingerprint density at radius 3 is 2.00 bits per heavy atom. The van der Waals surface area contributed by atoms with E-state index in [9.17, 15) is 26.3 Å². The second-order valence-electron chi connectivity index (χ2n) is 4.73. The molecule has 0 aliphatic heterocycles. The predicted molar refractivity (Wildman–Crippen MR) is 72.2 cm³/mol. The Labute approximate surface area is 127 Å². The van der Waals surface area contributed by atoms with E-state index in [-0.39, 0.29) is 5.75 Å². The summed E-state index contributed by atoms with van der Waals surface area (Å²) >= 11 is 0. The fourth-order valence-corrected chi connectivity index (χ4v) is 1.77. The first kappa shape index (κ1) is 17.0. The van der Waals surface area contributed by atoms with Crippen LogP contribution in [0.25, 0.3) is 0 Å². The van der Waals surface area contributed by atoms with Crippen LogP contribution < -0.4 is 10.5 Å². The zero-order valence-electron chi connectivity index (χ0n) is 11.4. The molecule has 1 atom stereocenters. The van der Waals surface area contributed by atoms with Gasteiger partial charge in [0.25, 0.3) is 0 Å². The predicted octanol–water partition coefficient (Wildman–Crippen LogP) is 5.27. The van der Waals surface area contributed by atoms with E-state index >= 15 is 0 Å². The number of halogens is 6. The van der Waals surface area contributed by atoms with Gasteiger partial charge in [-0.15, -0.1) is 0 Å². The molecule has 0 bridgehead atoms. The summed E-state index contributed by atoms with van der Waals surface area (Å²) in [6.07, 6.45) is -9.47. The van der Waals surface area contributed by atoms with Crippen LogP contribution in [-0.2, 0) is 0 Å². The molecule has 0 radical (unpaired) electrons. The molecule has 23 heavy (non-hydrogen) atoms. The summed E-state index contributed by atoms with van der Waals surface area (Å²) in [5.41, 5.74) is 5.17. The van der Waals surface area contributed by atoms with Crippen molar-refractivity contribution in [2.45, 2.75) is 18.3 Å². The second kappa shape index (κ2) is 6.02. The lowest BCUT2D eigenvalue weighted by Crippen LogP contribution is -2.40. The minimum absolute atomic E-state index is 0.141. The Balaban J connectivity index is 2.16. The lowest BCUT2D eigenvalue weighted by atomic mass is 10.0. The lowest BCUT2D eigenvalue weighted by Gasteiger charge is -2.23. The number of hydrogen-bond donors (Lipinski definition) is 1. The topological polar surface area (TPSA) is 35.2 Å². The van der Waals surface area contributed by atoms with Gasteiger partial charge in [0.1, 0.15) is 11.5 Å². The van der Waals surface area contributed by atoms with Gasteiger partial charge >= 0.3 is 12.1 Å². The SMILES string of the molecule is Nc1cccc(Oc2ccc(C(F)C(F)(F)C(F)(F)F)cc2)c1. The number of nitrogens with two attached hydrogens (primary N) is 1. The molecule has 0 aliphatic carbocycles. The van der Waals surface area contributed by atoms with Crippen molar-refractivity contribution >= 4 is 5.69 Å². The van der Waals surface area contributed by atoms with E-state index < -0.39 is 23.8 Å². The first-order chi connectivity index (χ1) is 10.6. The maximum absolute atomic E-state index is 13.5. The van der Waals surface area contributed by atoms with Gasteiger partial charge in [-0.1, -0.05) is 18.2 Å². The highest BCUT2D eigenvalue weighted by Crippen LogP contribution is 2.46. The molecule has 2 nitrogen and oxygen atoms in total. The summed E-state index contributed by atoms with van der Waals surface area (Å²) in [7, 11) is 0. The van der Waals surface area contributed by atoms with Crippen molar-refractivity contribution in [2.75, 3.05) is 5.73 Å². The highest BCUT2D eigenvalue weighted by molar-refractivity contribution is 5.45. The minimum atomic E-state index is -5.97. The molecule has 1 unspecified atom stereocenters. The van der Waals surface area contributed by atoms with Gasteiger partial charge in [-0.05, 0) is 29.8 Å². The quantitative estimate of drug-likeness (QED) is 0.610. The van der Waals surface area contributed by atoms with Crippen molar-refractivity contribution in [3.8, 4) is 11.5 Å². The van der Waals surface area contributed by atoms with E-state index in [2.05, 4.69) is 0 Å². The smallest absolute Gasteiger partial charge is 0.456 e. The summed E-state index contributed by atoms with van der Waals surface area (Å²) < 4.78 is 81.2. The molecule has 0 amide bonds. The van der Waals surface area contributed by atoms with Crippen LogP contribution in [0.3, 0.4) is 0 Å². The molecule has 0 spiro atoms. The van der Waals surface area contributed by atoms with Gasteiger partial charge < -0.3 is 10.5 Å². The van der Waals surface area contributed by atoms with Crippen molar-refractivity contribution < 1.29 is 31.1 Å². The van der Waals surface area contributed by atoms with Gasteiger partial charge in [0.15, 0.2) is 6.17 Å². The van der Waals surface area contributed by atoms with E-state index in [1.165, 1.54) is 6.07 Å². The van der Waals surface area contributed by atoms with Crippen LogP contribution in [0.1, 0.15) is 11.7 Å². The molecule has 0 fully saturated rings. The molecular weight excluding hydrogens is 324 g/mol. The van der Waals surface area contributed by atoms with Crippen molar-refractivity contribution in [3.63, 3.8) is 0 Å². The molecule has 0 saturated heterocycles. The summed E-state index contributed by atoms with van der Waals surface area (Å²) in [6, 6.07) is 10.1. The van der Waals surface area contributed by atoms with E-state index in [1.807, 2.05) is 0 Å². The Morgan fingerprint density at radius 2 is 1.48 bits per heavy atom. The Morgan fingerprint density at radius 1 is 0.870 bits per heavy atom. The molecule has 2 N–H and O–H groups in total. The first-order valence-electron chi connectivity index (χ1n) is 6.33. The Bertz CT molecular complexity index is 668. The third-order valence-electron chi connectivity index (χ3n) is 2.96. The van der Waals surface area contributed by atoms with Gasteiger partial charge in [-0.3, -0.25) is 0 Å². The highest BCUT2D eigenvalue weighted by Gasteiger charge is 2.63. The van der Waals surface area contributed by atoms with E-state index in [4.69, 9.17) is 10.5 Å². The van der Waals surface area contributed by atoms with Gasteiger partial charge in [0, 0.05) is 11.8 Å². The van der Waals surface area contributed by atoms with Crippen LogP contribution in [0.2, 0.25) is 0 Å². The number of hydrogen-bond acceptors (Lipinski definition) is 2. The molecule has 2 aromatic rings. The molecule has 2 rings (SSSR count). The van der Waals surface area contributed by atoms with Crippen molar-refractivity contribution in [3.05, 3.63) is 54.1 Å². The monoisotopic (exact) mass is 335 g/mol. The summed E-state index contributed by atoms with van der Waals surface area (Å²) in [6.45, 7) is 0. The zero-order chi connectivity index (χ0) is 17.3. The van der Waals surface area contributed by atoms with Crippen LogP contribution >= 0.6 is 0 Å². The number of ether oxygens (including phenoxy) is 1. The zero-order valence-corrected chi connectivity index (χ0v) is 11.4. The molecule has 8 heteroatoms. The van der Waals surface area contributed by atoms with Gasteiger partial charge in [-0.25, -0.2) is 4.39 Å². The standard InChI is InChI=1S/C15H11F6NO/c16-13(14(17,18)15(19,20)21)9-4-6-11(7-5-9)23-12-3-1-2-10(22)8-12/h1-8,13H,22H2. The Hall–Kier alpha value is -2.38. The van der Waals surface area contributed by atoms with E-state index in [1.54, 1.807) is 18.2 Å². The summed E-state index contributed by atoms with van der Waals surface area (Å²) in [5.74, 6) is -4.99. The number of alkyl halides is 6. The minimum Gasteiger partial charge on any atom is -0.457 e. The van der Waals surface area contributed by atoms with Crippen LogP contribution in [-0.4, -0.2) is 12.1 Å². The summed E-state index contributed by atoms with van der Waals surface area (Å²) in [4.78, 5) is 0. The van der Waals surface area contributed by atoms with Gasteiger partial charge in [-0.2, -0.15) is 22.0 Å². The highest BCUT2D eigenvalue weighted by atomic mass is 19.4. The molecule has 0 heterocycles. The maximum atomic E-state index is 13.5. The Kier molecular flexibility index (Phi) is 4.44. The molecule has 0 aromatic heterocycles. The largest absolute Gasteiger partial charge is 0.457 e. The molecular formula is C15H11F6NO. The lowest BCUT2D eigenvalue weighted by molar-refractivity contribution is -0.305. The fourth-order valence-electron chi connectivity index (χ4n) is 1.77. The van der Waals surface area contributed by atoms with Gasteiger partial charge in [0.2, 0.25) is 0 Å². The van der Waals surface area contributed by atoms with Crippen molar-refractivity contribution in [1.82, 2.24) is 0 Å². The molecule has 0 saturated carbocycles. The first-order valence-corrected chi connectivity index (χ1v) is 6.33. The van der Waals surface area contributed by atoms with Crippen LogP contribution in [0.15, 0.2) is 48.5 Å². The average Bonchev–Trinajstić information content (AvgIpc) is 2.46. The maximum Gasteiger partial charge on any atom is 0.456 e. The number of benzene rings is 2. The number of rotatable bonds is 4. The second-order valence-corrected chi connectivity index (χ2v) is 4.73. The van der Waals surface area contributed by atoms with Gasteiger partial charge in [0.05, 0.1) is 0 Å². The van der Waals surface area contributed by atoms with Crippen LogP contribution in [0.5, 0.6) is 11.5 Å². The van der Waals surface area contributed by atoms with Crippen molar-refractivity contribution in [2.24, 2.45) is 0 Å². The van der Waals surface area contributed by atoms with Crippen LogP contribution in [0.4, 0.5) is 32.0 Å². The van der Waals surface area contributed by atoms with E-state index in [0.717, 1.165) is 24.3 Å². The molecule has 0 aliphatic rings. The molecule has 2 aromatic carbocycles. The molecule has 124 valence electrons. The fraction of sp³-hybridized carbons (Fsp3) is 0.200.